The summed E-state index contributed by atoms with van der Waals surface area (Å²) >= 11 is 0.854. The van der Waals surface area contributed by atoms with Gasteiger partial charge in [0.15, 0.2) is 17.6 Å². The van der Waals surface area contributed by atoms with Crippen LogP contribution in [-0.2, 0) is 9.59 Å². The molecule has 0 spiro atoms. The molecule has 8 heteroatoms. The van der Waals surface area contributed by atoms with Crippen molar-refractivity contribution < 1.29 is 29.0 Å². The number of benzene rings is 1. The van der Waals surface area contributed by atoms with Crippen molar-refractivity contribution in [2.75, 3.05) is 7.11 Å². The van der Waals surface area contributed by atoms with Gasteiger partial charge in [-0.15, -0.1) is 0 Å². The third kappa shape index (κ3) is 4.01. The van der Waals surface area contributed by atoms with Crippen LogP contribution in [-0.4, -0.2) is 46.4 Å². The highest BCUT2D eigenvalue weighted by Crippen LogP contribution is 2.38. The van der Waals surface area contributed by atoms with Crippen molar-refractivity contribution in [1.82, 2.24) is 4.90 Å². The highest BCUT2D eigenvalue weighted by Gasteiger charge is 2.37. The van der Waals surface area contributed by atoms with Crippen LogP contribution in [0.1, 0.15) is 32.8 Å². The van der Waals surface area contributed by atoms with E-state index in [0.29, 0.717) is 17.7 Å². The van der Waals surface area contributed by atoms with Crippen molar-refractivity contribution in [3.63, 3.8) is 0 Å². The molecule has 1 aliphatic heterocycles. The summed E-state index contributed by atoms with van der Waals surface area (Å²) in [6, 6.07) is 4.80. The number of carbonyl (C=O) groups is 3. The maximum atomic E-state index is 12.6. The predicted octanol–water partition coefficient (Wildman–Crippen LogP) is 3.38. The average molecular weight is 379 g/mol. The molecule has 1 aromatic carbocycles. The zero-order valence-corrected chi connectivity index (χ0v) is 15.8. The van der Waals surface area contributed by atoms with Crippen molar-refractivity contribution in [3.8, 4) is 11.5 Å². The molecular formula is C18H21NO6S. The van der Waals surface area contributed by atoms with Crippen LogP contribution in [0.15, 0.2) is 23.1 Å². The van der Waals surface area contributed by atoms with Crippen LogP contribution in [0.2, 0.25) is 0 Å². The summed E-state index contributed by atoms with van der Waals surface area (Å²) in [4.78, 5) is 37.3. The molecule has 0 aromatic heterocycles. The van der Waals surface area contributed by atoms with Crippen LogP contribution < -0.4 is 9.47 Å². The van der Waals surface area contributed by atoms with Crippen LogP contribution in [0, 0.1) is 0 Å². The number of amides is 2. The fourth-order valence-corrected chi connectivity index (χ4v) is 3.27. The Balaban J connectivity index is 2.43. The minimum absolute atomic E-state index is 0.193. The second kappa shape index (κ2) is 8.27. The minimum Gasteiger partial charge on any atom is -0.493 e. The summed E-state index contributed by atoms with van der Waals surface area (Å²) in [7, 11) is 1.44. The lowest BCUT2D eigenvalue weighted by Crippen LogP contribution is -2.36. The van der Waals surface area contributed by atoms with Gasteiger partial charge in [0.05, 0.1) is 12.0 Å². The van der Waals surface area contributed by atoms with Crippen LogP contribution in [0.5, 0.6) is 11.5 Å². The molecule has 7 nitrogen and oxygen atoms in total. The number of hydrogen-bond donors (Lipinski definition) is 1. The smallest absolute Gasteiger partial charge is 0.344 e. The van der Waals surface area contributed by atoms with E-state index >= 15 is 0 Å². The number of para-hydroxylation sites is 1. The summed E-state index contributed by atoms with van der Waals surface area (Å²) in [5.74, 6) is -0.943. The lowest BCUT2D eigenvalue weighted by molar-refractivity contribution is -0.144. The van der Waals surface area contributed by atoms with Crippen molar-refractivity contribution in [2.45, 2.75) is 39.3 Å². The van der Waals surface area contributed by atoms with Gasteiger partial charge in [-0.25, -0.2) is 4.79 Å². The van der Waals surface area contributed by atoms with E-state index in [2.05, 4.69) is 0 Å². The molecule has 1 aromatic rings. The van der Waals surface area contributed by atoms with E-state index in [9.17, 15) is 14.4 Å². The van der Waals surface area contributed by atoms with Crippen molar-refractivity contribution >= 4 is 35.0 Å². The number of nitrogens with zero attached hydrogens (tertiary/aromatic N) is 1. The van der Waals surface area contributed by atoms with Crippen molar-refractivity contribution in [1.29, 1.82) is 0 Å². The number of rotatable bonds is 7. The van der Waals surface area contributed by atoms with Gasteiger partial charge in [-0.1, -0.05) is 19.1 Å². The lowest BCUT2D eigenvalue weighted by Gasteiger charge is -2.19. The number of ether oxygens (including phenoxy) is 2. The highest BCUT2D eigenvalue weighted by atomic mass is 32.2. The topological polar surface area (TPSA) is 93.1 Å². The Bertz CT molecular complexity index is 760. The molecule has 2 rings (SSSR count). The SMILES string of the molecule is CC[C@H](C)N1C(=O)S/C(=C/c2cccc(OC)c2O[C@H](C)C(=O)O)C1=O. The first-order chi connectivity index (χ1) is 12.3. The number of carboxylic acid groups (broad SMARTS) is 1. The summed E-state index contributed by atoms with van der Waals surface area (Å²) in [5, 5.41) is 8.77. The van der Waals surface area contributed by atoms with Gasteiger partial charge in [0.1, 0.15) is 0 Å². The molecule has 1 saturated heterocycles. The first-order valence-electron chi connectivity index (χ1n) is 8.13. The molecular weight excluding hydrogens is 358 g/mol. The number of thioether (sulfide) groups is 1. The van der Waals surface area contributed by atoms with Gasteiger partial charge in [0.25, 0.3) is 11.1 Å². The zero-order valence-electron chi connectivity index (χ0n) is 15.0. The van der Waals surface area contributed by atoms with E-state index in [4.69, 9.17) is 14.6 Å². The van der Waals surface area contributed by atoms with E-state index < -0.39 is 12.1 Å². The Hall–Kier alpha value is -2.48. The van der Waals surface area contributed by atoms with E-state index in [1.807, 2.05) is 13.8 Å². The molecule has 1 aliphatic rings. The molecule has 1 N–H and O–H groups in total. The van der Waals surface area contributed by atoms with Gasteiger partial charge in [0.2, 0.25) is 0 Å². The molecule has 0 saturated carbocycles. The highest BCUT2D eigenvalue weighted by molar-refractivity contribution is 8.18. The van der Waals surface area contributed by atoms with Crippen LogP contribution in [0.3, 0.4) is 0 Å². The molecule has 2 atom stereocenters. The van der Waals surface area contributed by atoms with E-state index in [1.54, 1.807) is 18.2 Å². The Morgan fingerprint density at radius 3 is 2.62 bits per heavy atom. The van der Waals surface area contributed by atoms with Crippen LogP contribution in [0.4, 0.5) is 4.79 Å². The van der Waals surface area contributed by atoms with Gasteiger partial charge >= 0.3 is 5.97 Å². The Morgan fingerprint density at radius 1 is 1.35 bits per heavy atom. The second-order valence-electron chi connectivity index (χ2n) is 5.79. The molecule has 0 radical (unpaired) electrons. The average Bonchev–Trinajstić information content (AvgIpc) is 2.89. The molecule has 0 aliphatic carbocycles. The maximum Gasteiger partial charge on any atom is 0.344 e. The normalized spacial score (nSPS) is 18.2. The number of carbonyl (C=O) groups excluding carboxylic acids is 2. The molecule has 2 amide bonds. The summed E-state index contributed by atoms with van der Waals surface area (Å²) in [5.41, 5.74) is 0.465. The van der Waals surface area contributed by atoms with Gasteiger partial charge in [-0.2, -0.15) is 0 Å². The fourth-order valence-electron chi connectivity index (χ4n) is 2.34. The van der Waals surface area contributed by atoms with Gasteiger partial charge in [-0.05, 0) is 44.2 Å². The number of imide groups is 1. The summed E-state index contributed by atoms with van der Waals surface area (Å²) in [6.07, 6.45) is 1.09. The Kier molecular flexibility index (Phi) is 6.31. The molecule has 140 valence electrons. The quantitative estimate of drug-likeness (QED) is 0.726. The second-order valence-corrected chi connectivity index (χ2v) is 6.78. The fraction of sp³-hybridized carbons (Fsp3) is 0.389. The predicted molar refractivity (Wildman–Crippen MR) is 98.3 cm³/mol. The van der Waals surface area contributed by atoms with E-state index in [-0.39, 0.29) is 27.8 Å². The largest absolute Gasteiger partial charge is 0.493 e. The third-order valence-electron chi connectivity index (χ3n) is 4.01. The van der Waals surface area contributed by atoms with Crippen molar-refractivity contribution in [3.05, 3.63) is 28.7 Å². The van der Waals surface area contributed by atoms with Crippen LogP contribution >= 0.6 is 11.8 Å². The first kappa shape index (κ1) is 19.8. The van der Waals surface area contributed by atoms with Gasteiger partial charge in [-0.3, -0.25) is 14.5 Å². The standard InChI is InChI=1S/C18H21NO6S/c1-5-10(2)19-16(20)14(26-18(19)23)9-12-7-6-8-13(24-4)15(12)25-11(3)17(21)22/h6-11H,5H2,1-4H3,(H,21,22)/b14-9+/t10-,11+/m0/s1. The molecule has 1 fully saturated rings. The first-order valence-corrected chi connectivity index (χ1v) is 8.95. The van der Waals surface area contributed by atoms with E-state index in [0.717, 1.165) is 11.8 Å². The number of carboxylic acids is 1. The van der Waals surface area contributed by atoms with Gasteiger partial charge < -0.3 is 14.6 Å². The molecule has 0 bridgehead atoms. The van der Waals surface area contributed by atoms with E-state index in [1.165, 1.54) is 25.0 Å². The zero-order chi connectivity index (χ0) is 19.4. The number of aliphatic carboxylic acids is 1. The summed E-state index contributed by atoms with van der Waals surface area (Å²) in [6.45, 7) is 5.11. The molecule has 26 heavy (non-hydrogen) atoms. The van der Waals surface area contributed by atoms with Crippen molar-refractivity contribution in [2.24, 2.45) is 0 Å². The van der Waals surface area contributed by atoms with Crippen LogP contribution in [0.25, 0.3) is 6.08 Å². The number of methoxy groups -OCH3 is 1. The maximum absolute atomic E-state index is 12.6. The third-order valence-corrected chi connectivity index (χ3v) is 4.90. The minimum atomic E-state index is -1.13. The number of hydrogen-bond acceptors (Lipinski definition) is 6. The molecule has 0 unspecified atom stereocenters. The summed E-state index contributed by atoms with van der Waals surface area (Å²) < 4.78 is 10.7. The Morgan fingerprint density at radius 2 is 2.04 bits per heavy atom. The van der Waals surface area contributed by atoms with Gasteiger partial charge in [0, 0.05) is 11.6 Å². The lowest BCUT2D eigenvalue weighted by atomic mass is 10.1. The monoisotopic (exact) mass is 379 g/mol. The Labute approximate surface area is 156 Å². The molecule has 1 heterocycles.